The number of halogens is 1. The first-order chi connectivity index (χ1) is 13.6. The summed E-state index contributed by atoms with van der Waals surface area (Å²) < 4.78 is 24.3. The maximum atomic E-state index is 13.4. The van der Waals surface area contributed by atoms with Crippen molar-refractivity contribution in [3.8, 4) is 16.9 Å². The highest BCUT2D eigenvalue weighted by Crippen LogP contribution is 2.35. The molecule has 1 amide bonds. The zero-order chi connectivity index (χ0) is 19.7. The van der Waals surface area contributed by atoms with Crippen LogP contribution in [-0.4, -0.2) is 13.0 Å². The number of ether oxygens (including phenoxy) is 1. The van der Waals surface area contributed by atoms with E-state index < -0.39 is 5.82 Å². The molecule has 4 rings (SSSR count). The number of nitrogens with one attached hydrogen (secondary N) is 1. The number of fused-ring (bicyclic) bond motifs is 1. The Morgan fingerprint density at radius 2 is 1.86 bits per heavy atom. The summed E-state index contributed by atoms with van der Waals surface area (Å²) in [4.78, 5) is 12.7. The molecule has 140 valence electrons. The molecule has 1 heterocycles. The second-order valence-electron chi connectivity index (χ2n) is 6.47. The van der Waals surface area contributed by atoms with E-state index in [1.54, 1.807) is 31.6 Å². The van der Waals surface area contributed by atoms with E-state index in [9.17, 15) is 9.18 Å². The molecule has 0 atom stereocenters. The van der Waals surface area contributed by atoms with Gasteiger partial charge >= 0.3 is 0 Å². The van der Waals surface area contributed by atoms with Crippen LogP contribution in [0.1, 0.15) is 15.9 Å². The molecule has 0 aliphatic heterocycles. The van der Waals surface area contributed by atoms with Crippen molar-refractivity contribution < 1.29 is 18.3 Å². The number of benzene rings is 3. The summed E-state index contributed by atoms with van der Waals surface area (Å²) >= 11 is 0. The van der Waals surface area contributed by atoms with Gasteiger partial charge in [0.15, 0.2) is 0 Å². The average molecular weight is 375 g/mol. The summed E-state index contributed by atoms with van der Waals surface area (Å²) in [6.07, 6.45) is 1.56. The molecule has 1 N–H and O–H groups in total. The lowest BCUT2D eigenvalue weighted by atomic mass is 9.95. The molecule has 3 aromatic carbocycles. The number of furan rings is 1. The number of amides is 1. The molecule has 0 aliphatic rings. The molecule has 28 heavy (non-hydrogen) atoms. The summed E-state index contributed by atoms with van der Waals surface area (Å²) in [5.41, 5.74) is 4.31. The highest BCUT2D eigenvalue weighted by Gasteiger charge is 2.17. The smallest absolute Gasteiger partial charge is 0.259 e. The monoisotopic (exact) mass is 375 g/mol. The fraction of sp³-hybridized carbons (Fsp3) is 0.0870. The molecule has 5 heteroatoms. The summed E-state index contributed by atoms with van der Waals surface area (Å²) in [7, 11) is 1.63. The number of aryl methyl sites for hydroxylation is 1. The third-order valence-electron chi connectivity index (χ3n) is 4.67. The predicted molar refractivity (Wildman–Crippen MR) is 107 cm³/mol. The van der Waals surface area contributed by atoms with E-state index in [0.717, 1.165) is 27.8 Å². The van der Waals surface area contributed by atoms with Crippen molar-refractivity contribution in [2.75, 3.05) is 12.4 Å². The molecule has 0 aliphatic carbocycles. The average Bonchev–Trinajstić information content (AvgIpc) is 3.17. The van der Waals surface area contributed by atoms with E-state index in [0.29, 0.717) is 16.8 Å². The van der Waals surface area contributed by atoms with Gasteiger partial charge in [0.25, 0.3) is 5.91 Å². The molecule has 4 aromatic rings. The third kappa shape index (κ3) is 3.22. The van der Waals surface area contributed by atoms with Crippen molar-refractivity contribution >= 4 is 22.6 Å². The SMILES string of the molecule is COc1ccc(-c2ccc(C(=O)Nc3cccc(F)c3)c3occc23)c(C)c1. The van der Waals surface area contributed by atoms with Crippen LogP contribution in [0.15, 0.2) is 71.3 Å². The van der Waals surface area contributed by atoms with Crippen molar-refractivity contribution in [3.63, 3.8) is 0 Å². The van der Waals surface area contributed by atoms with Gasteiger partial charge in [-0.25, -0.2) is 4.39 Å². The lowest BCUT2D eigenvalue weighted by Gasteiger charge is -2.11. The molecule has 0 spiro atoms. The molecule has 0 saturated carbocycles. The Hall–Kier alpha value is -3.60. The molecular formula is C23H18FNO3. The van der Waals surface area contributed by atoms with Crippen LogP contribution in [0.25, 0.3) is 22.1 Å². The first kappa shape index (κ1) is 17.8. The van der Waals surface area contributed by atoms with E-state index >= 15 is 0 Å². The van der Waals surface area contributed by atoms with Gasteiger partial charge in [0.1, 0.15) is 17.1 Å². The largest absolute Gasteiger partial charge is 0.497 e. The van der Waals surface area contributed by atoms with Crippen molar-refractivity contribution in [1.29, 1.82) is 0 Å². The molecule has 0 bridgehead atoms. The van der Waals surface area contributed by atoms with Crippen molar-refractivity contribution in [2.24, 2.45) is 0 Å². The minimum absolute atomic E-state index is 0.358. The minimum Gasteiger partial charge on any atom is -0.497 e. The van der Waals surface area contributed by atoms with Crippen LogP contribution in [-0.2, 0) is 0 Å². The van der Waals surface area contributed by atoms with Gasteiger partial charge in [0.05, 0.1) is 18.9 Å². The minimum atomic E-state index is -0.411. The zero-order valence-electron chi connectivity index (χ0n) is 15.5. The number of carbonyl (C=O) groups excluding carboxylic acids is 1. The lowest BCUT2D eigenvalue weighted by Crippen LogP contribution is -2.12. The predicted octanol–water partition coefficient (Wildman–Crippen LogP) is 5.81. The van der Waals surface area contributed by atoms with Crippen LogP contribution >= 0.6 is 0 Å². The maximum Gasteiger partial charge on any atom is 0.259 e. The summed E-state index contributed by atoms with van der Waals surface area (Å²) in [5, 5.41) is 3.54. The number of methoxy groups -OCH3 is 1. The fourth-order valence-corrected chi connectivity index (χ4v) is 3.31. The van der Waals surface area contributed by atoms with Gasteiger partial charge in [-0.3, -0.25) is 4.79 Å². The van der Waals surface area contributed by atoms with E-state index in [2.05, 4.69) is 5.32 Å². The van der Waals surface area contributed by atoms with Gasteiger partial charge in [0, 0.05) is 11.1 Å². The Kier molecular flexibility index (Phi) is 4.57. The van der Waals surface area contributed by atoms with Crippen LogP contribution in [0.3, 0.4) is 0 Å². The van der Waals surface area contributed by atoms with Gasteiger partial charge < -0.3 is 14.5 Å². The lowest BCUT2D eigenvalue weighted by molar-refractivity contribution is 0.102. The quantitative estimate of drug-likeness (QED) is 0.490. The molecule has 0 saturated heterocycles. The van der Waals surface area contributed by atoms with Crippen LogP contribution in [0.5, 0.6) is 5.75 Å². The number of carbonyl (C=O) groups is 1. The van der Waals surface area contributed by atoms with Gasteiger partial charge in [-0.1, -0.05) is 18.2 Å². The highest BCUT2D eigenvalue weighted by atomic mass is 19.1. The Morgan fingerprint density at radius 1 is 1.04 bits per heavy atom. The standard InChI is InChI=1S/C23H18FNO3/c1-14-12-17(27-2)6-7-18(14)19-8-9-21(22-20(19)10-11-28-22)23(26)25-16-5-3-4-15(24)13-16/h3-13H,1-2H3,(H,25,26). The second-order valence-corrected chi connectivity index (χ2v) is 6.47. The van der Waals surface area contributed by atoms with E-state index in [1.165, 1.54) is 12.1 Å². The zero-order valence-corrected chi connectivity index (χ0v) is 15.5. The van der Waals surface area contributed by atoms with Gasteiger partial charge in [0.2, 0.25) is 0 Å². The van der Waals surface area contributed by atoms with Gasteiger partial charge in [-0.05, 0) is 66.1 Å². The Bertz CT molecular complexity index is 1180. The van der Waals surface area contributed by atoms with Crippen LogP contribution in [0, 0.1) is 12.7 Å². The van der Waals surface area contributed by atoms with Crippen molar-refractivity contribution in [2.45, 2.75) is 6.92 Å². The maximum absolute atomic E-state index is 13.4. The molecule has 0 fully saturated rings. The van der Waals surface area contributed by atoms with Crippen LogP contribution in [0.4, 0.5) is 10.1 Å². The molecular weight excluding hydrogens is 357 g/mol. The highest BCUT2D eigenvalue weighted by molar-refractivity contribution is 6.13. The van der Waals surface area contributed by atoms with E-state index in [-0.39, 0.29) is 5.91 Å². The van der Waals surface area contributed by atoms with Crippen molar-refractivity contribution in [3.05, 3.63) is 83.9 Å². The first-order valence-electron chi connectivity index (χ1n) is 8.79. The van der Waals surface area contributed by atoms with Crippen molar-refractivity contribution in [1.82, 2.24) is 0 Å². The Morgan fingerprint density at radius 3 is 2.61 bits per heavy atom. The van der Waals surface area contributed by atoms with Gasteiger partial charge in [-0.15, -0.1) is 0 Å². The third-order valence-corrected chi connectivity index (χ3v) is 4.67. The normalized spacial score (nSPS) is 10.8. The van der Waals surface area contributed by atoms with Gasteiger partial charge in [-0.2, -0.15) is 0 Å². The van der Waals surface area contributed by atoms with Crippen LogP contribution < -0.4 is 10.1 Å². The Balaban J connectivity index is 1.74. The number of hydrogen-bond acceptors (Lipinski definition) is 3. The second kappa shape index (κ2) is 7.19. The summed E-state index contributed by atoms with van der Waals surface area (Å²) in [6.45, 7) is 2.01. The summed E-state index contributed by atoms with van der Waals surface area (Å²) in [6, 6.07) is 17.1. The Labute approximate surface area is 161 Å². The topological polar surface area (TPSA) is 51.5 Å². The van der Waals surface area contributed by atoms with E-state index in [4.69, 9.17) is 9.15 Å². The molecule has 4 nitrogen and oxygen atoms in total. The van der Waals surface area contributed by atoms with Crippen LogP contribution in [0.2, 0.25) is 0 Å². The molecule has 0 radical (unpaired) electrons. The fourth-order valence-electron chi connectivity index (χ4n) is 3.31. The number of anilines is 1. The molecule has 0 unspecified atom stereocenters. The first-order valence-corrected chi connectivity index (χ1v) is 8.79. The number of hydrogen-bond donors (Lipinski definition) is 1. The van der Waals surface area contributed by atoms with E-state index in [1.807, 2.05) is 37.3 Å². The number of rotatable bonds is 4. The molecule has 1 aromatic heterocycles. The summed E-state index contributed by atoms with van der Waals surface area (Å²) in [5.74, 6) is 0.0191.